The third-order valence-corrected chi connectivity index (χ3v) is 3.96. The molecule has 0 aliphatic carbocycles. The number of likely N-dealkylation sites (N-methyl/N-ethyl adjacent to an activating group) is 1. The fourth-order valence-corrected chi connectivity index (χ4v) is 2.61. The van der Waals surface area contributed by atoms with Gasteiger partial charge in [-0.2, -0.15) is 0 Å². The molecule has 3 rings (SSSR count). The number of piperazine rings is 1. The number of nitrogens with two attached hydrogens (primary N) is 1. The number of carbonyl (C=O) groups excluding carboxylic acids is 1. The number of benzene rings is 1. The number of pyridine rings is 1. The van der Waals surface area contributed by atoms with Crippen LogP contribution < -0.4 is 5.73 Å². The topological polar surface area (TPSA) is 62.5 Å². The van der Waals surface area contributed by atoms with E-state index in [1.165, 1.54) is 0 Å². The minimum atomic E-state index is 0.158. The molecule has 1 amide bonds. The summed E-state index contributed by atoms with van der Waals surface area (Å²) in [6.07, 6.45) is 0.365. The molecule has 0 spiro atoms. The SMILES string of the molecule is CN1CCN(C(=O)Cc2ccc3cc(N)ccc3n2)CC1. The summed E-state index contributed by atoms with van der Waals surface area (Å²) >= 11 is 0. The van der Waals surface area contributed by atoms with Crippen LogP contribution >= 0.6 is 0 Å². The van der Waals surface area contributed by atoms with Crippen molar-refractivity contribution in [3.63, 3.8) is 0 Å². The van der Waals surface area contributed by atoms with Crippen molar-refractivity contribution < 1.29 is 4.79 Å². The van der Waals surface area contributed by atoms with Gasteiger partial charge in [-0.15, -0.1) is 0 Å². The number of rotatable bonds is 2. The Morgan fingerprint density at radius 1 is 1.19 bits per heavy atom. The van der Waals surface area contributed by atoms with Gasteiger partial charge in [-0.1, -0.05) is 6.07 Å². The molecule has 2 aromatic rings. The number of amides is 1. The van der Waals surface area contributed by atoms with E-state index in [0.717, 1.165) is 48.5 Å². The number of hydrogen-bond acceptors (Lipinski definition) is 4. The Morgan fingerprint density at radius 2 is 1.95 bits per heavy atom. The highest BCUT2D eigenvalue weighted by atomic mass is 16.2. The molecule has 0 unspecified atom stereocenters. The standard InChI is InChI=1S/C16H20N4O/c1-19-6-8-20(9-7-19)16(21)11-14-4-2-12-10-13(17)3-5-15(12)18-14/h2-5,10H,6-9,11,17H2,1H3. The molecule has 0 radical (unpaired) electrons. The molecule has 2 N–H and O–H groups in total. The Morgan fingerprint density at radius 3 is 2.71 bits per heavy atom. The lowest BCUT2D eigenvalue weighted by Crippen LogP contribution is -2.47. The van der Waals surface area contributed by atoms with Gasteiger partial charge in [-0.05, 0) is 31.3 Å². The molecule has 1 aliphatic heterocycles. The Hall–Kier alpha value is -2.14. The first-order chi connectivity index (χ1) is 10.1. The maximum atomic E-state index is 12.3. The van der Waals surface area contributed by atoms with Crippen LogP contribution in [0, 0.1) is 0 Å². The van der Waals surface area contributed by atoms with Crippen LogP contribution in [0.1, 0.15) is 5.69 Å². The molecule has 2 heterocycles. The number of carbonyl (C=O) groups is 1. The van der Waals surface area contributed by atoms with Gasteiger partial charge in [0.2, 0.25) is 5.91 Å². The van der Waals surface area contributed by atoms with Crippen molar-refractivity contribution in [1.29, 1.82) is 0 Å². The van der Waals surface area contributed by atoms with E-state index in [2.05, 4.69) is 16.9 Å². The molecule has 1 aliphatic rings. The molecule has 21 heavy (non-hydrogen) atoms. The maximum Gasteiger partial charge on any atom is 0.228 e. The third-order valence-electron chi connectivity index (χ3n) is 3.96. The van der Waals surface area contributed by atoms with E-state index in [1.807, 2.05) is 35.2 Å². The van der Waals surface area contributed by atoms with Gasteiger partial charge in [0.05, 0.1) is 17.6 Å². The highest BCUT2D eigenvalue weighted by Gasteiger charge is 2.19. The molecule has 5 heteroatoms. The van der Waals surface area contributed by atoms with Crippen LogP contribution in [0.2, 0.25) is 0 Å². The van der Waals surface area contributed by atoms with Gasteiger partial charge in [0, 0.05) is 37.3 Å². The molecule has 0 bridgehead atoms. The molecule has 5 nitrogen and oxygen atoms in total. The van der Waals surface area contributed by atoms with Gasteiger partial charge in [-0.25, -0.2) is 0 Å². The lowest BCUT2D eigenvalue weighted by molar-refractivity contribution is -0.132. The molecule has 1 aromatic heterocycles. The summed E-state index contributed by atoms with van der Waals surface area (Å²) in [7, 11) is 2.08. The predicted octanol–water partition coefficient (Wildman–Crippen LogP) is 1.13. The van der Waals surface area contributed by atoms with Crippen LogP contribution in [-0.2, 0) is 11.2 Å². The number of nitrogen functional groups attached to an aromatic ring is 1. The molecule has 1 aromatic carbocycles. The Kier molecular flexibility index (Phi) is 3.75. The second-order valence-corrected chi connectivity index (χ2v) is 5.62. The number of fused-ring (bicyclic) bond motifs is 1. The summed E-state index contributed by atoms with van der Waals surface area (Å²) in [6.45, 7) is 3.49. The second kappa shape index (κ2) is 5.69. The van der Waals surface area contributed by atoms with Crippen molar-refractivity contribution in [1.82, 2.24) is 14.8 Å². The van der Waals surface area contributed by atoms with Crippen LogP contribution in [0.4, 0.5) is 5.69 Å². The lowest BCUT2D eigenvalue weighted by atomic mass is 10.1. The molecule has 1 fully saturated rings. The fourth-order valence-electron chi connectivity index (χ4n) is 2.61. The van der Waals surface area contributed by atoms with Crippen molar-refractivity contribution in [3.05, 3.63) is 36.0 Å². The summed E-state index contributed by atoms with van der Waals surface area (Å²) < 4.78 is 0. The highest BCUT2D eigenvalue weighted by Crippen LogP contribution is 2.16. The van der Waals surface area contributed by atoms with Crippen LogP contribution in [0.3, 0.4) is 0 Å². The minimum Gasteiger partial charge on any atom is -0.399 e. The largest absolute Gasteiger partial charge is 0.399 e. The van der Waals surface area contributed by atoms with E-state index in [-0.39, 0.29) is 5.91 Å². The smallest absolute Gasteiger partial charge is 0.228 e. The molecule has 110 valence electrons. The van der Waals surface area contributed by atoms with Crippen LogP contribution in [0.15, 0.2) is 30.3 Å². The third kappa shape index (κ3) is 3.13. The highest BCUT2D eigenvalue weighted by molar-refractivity contribution is 5.83. The average Bonchev–Trinajstić information content (AvgIpc) is 2.48. The quantitative estimate of drug-likeness (QED) is 0.840. The van der Waals surface area contributed by atoms with E-state index < -0.39 is 0 Å². The van der Waals surface area contributed by atoms with Crippen molar-refractivity contribution in [2.24, 2.45) is 0 Å². The van der Waals surface area contributed by atoms with Gasteiger partial charge in [-0.3, -0.25) is 9.78 Å². The zero-order valence-corrected chi connectivity index (χ0v) is 12.2. The Bertz CT molecular complexity index is 662. The first-order valence-electron chi connectivity index (χ1n) is 7.23. The van der Waals surface area contributed by atoms with E-state index in [1.54, 1.807) is 0 Å². The Labute approximate surface area is 124 Å². The van der Waals surface area contributed by atoms with Gasteiger partial charge in [0.1, 0.15) is 0 Å². The van der Waals surface area contributed by atoms with E-state index >= 15 is 0 Å². The number of anilines is 1. The van der Waals surface area contributed by atoms with Crippen molar-refractivity contribution in [2.45, 2.75) is 6.42 Å². The number of nitrogens with zero attached hydrogens (tertiary/aromatic N) is 3. The number of aromatic nitrogens is 1. The Balaban J connectivity index is 1.72. The van der Waals surface area contributed by atoms with Crippen LogP contribution in [-0.4, -0.2) is 53.9 Å². The summed E-state index contributed by atoms with van der Waals surface area (Å²) in [4.78, 5) is 21.0. The molecule has 0 atom stereocenters. The zero-order chi connectivity index (χ0) is 14.8. The normalized spacial score (nSPS) is 16.3. The van der Waals surface area contributed by atoms with E-state index in [4.69, 9.17) is 5.73 Å². The molecule has 0 saturated carbocycles. The van der Waals surface area contributed by atoms with Crippen molar-refractivity contribution in [3.8, 4) is 0 Å². The van der Waals surface area contributed by atoms with Gasteiger partial charge in [0.25, 0.3) is 0 Å². The average molecular weight is 284 g/mol. The summed E-state index contributed by atoms with van der Waals surface area (Å²) in [5.74, 6) is 0.158. The summed E-state index contributed by atoms with van der Waals surface area (Å²) in [6, 6.07) is 9.52. The molecule has 1 saturated heterocycles. The minimum absolute atomic E-state index is 0.158. The fraction of sp³-hybridized carbons (Fsp3) is 0.375. The molecular formula is C16H20N4O. The first-order valence-corrected chi connectivity index (χ1v) is 7.23. The molecular weight excluding hydrogens is 264 g/mol. The van der Waals surface area contributed by atoms with Gasteiger partial charge >= 0.3 is 0 Å². The van der Waals surface area contributed by atoms with E-state index in [0.29, 0.717) is 6.42 Å². The number of hydrogen-bond donors (Lipinski definition) is 1. The monoisotopic (exact) mass is 284 g/mol. The lowest BCUT2D eigenvalue weighted by Gasteiger charge is -2.32. The van der Waals surface area contributed by atoms with Crippen molar-refractivity contribution in [2.75, 3.05) is 39.0 Å². The first kappa shape index (κ1) is 13.8. The predicted molar refractivity (Wildman–Crippen MR) is 83.9 cm³/mol. The summed E-state index contributed by atoms with van der Waals surface area (Å²) in [5, 5.41) is 1.01. The van der Waals surface area contributed by atoms with Crippen molar-refractivity contribution >= 4 is 22.5 Å². The van der Waals surface area contributed by atoms with Crippen LogP contribution in [0.5, 0.6) is 0 Å². The second-order valence-electron chi connectivity index (χ2n) is 5.62. The maximum absolute atomic E-state index is 12.3. The summed E-state index contributed by atoms with van der Waals surface area (Å²) in [5.41, 5.74) is 8.18. The van der Waals surface area contributed by atoms with Gasteiger partial charge < -0.3 is 15.5 Å². The van der Waals surface area contributed by atoms with E-state index in [9.17, 15) is 4.79 Å². The zero-order valence-electron chi connectivity index (χ0n) is 12.2. The van der Waals surface area contributed by atoms with Crippen LogP contribution in [0.25, 0.3) is 10.9 Å². The van der Waals surface area contributed by atoms with Gasteiger partial charge in [0.15, 0.2) is 0 Å².